The molecule has 0 unspecified atom stereocenters. The quantitative estimate of drug-likeness (QED) is 0.235. The molecule has 0 saturated heterocycles. The van der Waals surface area contributed by atoms with E-state index in [4.69, 9.17) is 14.5 Å². The van der Waals surface area contributed by atoms with Crippen molar-refractivity contribution < 1.29 is 9.47 Å². The maximum absolute atomic E-state index is 5.64. The number of fused-ring (bicyclic) bond motifs is 1. The van der Waals surface area contributed by atoms with Crippen molar-refractivity contribution in [2.45, 2.75) is 59.3 Å². The van der Waals surface area contributed by atoms with Crippen LogP contribution in [0.25, 0.3) is 11.4 Å². The van der Waals surface area contributed by atoms with Gasteiger partial charge in [-0.25, -0.2) is 4.98 Å². The van der Waals surface area contributed by atoms with E-state index in [1.165, 1.54) is 22.4 Å². The number of hydrogen-bond acceptors (Lipinski definition) is 4. The summed E-state index contributed by atoms with van der Waals surface area (Å²) in [6.07, 6.45) is 5.39. The number of aryl methyl sites for hydroxylation is 1. The molecule has 0 bridgehead atoms. The molecule has 1 aliphatic heterocycles. The molecule has 0 aliphatic carbocycles. The molecule has 36 heavy (non-hydrogen) atoms. The lowest BCUT2D eigenvalue weighted by molar-refractivity contribution is 0.174. The highest BCUT2D eigenvalue weighted by Crippen LogP contribution is 2.33. The fraction of sp³-hybridized carbons (Fsp3) is 0.323. The van der Waals surface area contributed by atoms with E-state index in [9.17, 15) is 0 Å². The zero-order valence-electron chi connectivity index (χ0n) is 21.3. The number of hydrogen-bond donors (Lipinski definition) is 0. The van der Waals surface area contributed by atoms with Crippen molar-refractivity contribution in [3.63, 3.8) is 0 Å². The Morgan fingerprint density at radius 2 is 1.53 bits per heavy atom. The number of unbranched alkanes of at least 4 members (excludes halogenated alkanes) is 1. The van der Waals surface area contributed by atoms with Crippen molar-refractivity contribution in [2.75, 3.05) is 6.79 Å². The first-order chi connectivity index (χ1) is 17.7. The lowest BCUT2D eigenvalue weighted by Crippen LogP contribution is -2.24. The number of benzene rings is 3. The molecule has 0 spiro atoms. The van der Waals surface area contributed by atoms with Gasteiger partial charge in [0, 0.05) is 31.7 Å². The van der Waals surface area contributed by atoms with Gasteiger partial charge in [-0.15, -0.1) is 0 Å². The van der Waals surface area contributed by atoms with E-state index in [1.54, 1.807) is 0 Å². The number of aromatic nitrogens is 2. The summed E-state index contributed by atoms with van der Waals surface area (Å²) in [5.41, 5.74) is 6.31. The molecule has 0 radical (unpaired) electrons. The predicted molar refractivity (Wildman–Crippen MR) is 144 cm³/mol. The Morgan fingerprint density at radius 3 is 2.31 bits per heavy atom. The minimum Gasteiger partial charge on any atom is -0.454 e. The standard InChI is InChI=1S/C31H35N3O2/c1-3-5-17-34-28(19-32-31(34)27-9-7-6-8-10-27)22-33(20-25-13-11-24(4-2)12-14-25)21-26-15-16-29-30(18-26)36-23-35-29/h6-16,18-19H,3-5,17,20-23H2,1-2H3. The smallest absolute Gasteiger partial charge is 0.231 e. The Labute approximate surface area is 214 Å². The second-order valence-corrected chi connectivity index (χ2v) is 9.45. The van der Waals surface area contributed by atoms with Gasteiger partial charge in [-0.2, -0.15) is 0 Å². The average molecular weight is 482 g/mol. The summed E-state index contributed by atoms with van der Waals surface area (Å²) < 4.78 is 13.6. The normalized spacial score (nSPS) is 12.4. The van der Waals surface area contributed by atoms with Gasteiger partial charge >= 0.3 is 0 Å². The van der Waals surface area contributed by atoms with Gasteiger partial charge in [-0.1, -0.05) is 80.9 Å². The first-order valence-corrected chi connectivity index (χ1v) is 13.0. The zero-order valence-corrected chi connectivity index (χ0v) is 21.3. The highest BCUT2D eigenvalue weighted by Gasteiger charge is 2.18. The first kappa shape index (κ1) is 24.1. The van der Waals surface area contributed by atoms with Gasteiger partial charge in [0.2, 0.25) is 6.79 Å². The van der Waals surface area contributed by atoms with Crippen molar-refractivity contribution in [1.29, 1.82) is 0 Å². The van der Waals surface area contributed by atoms with Gasteiger partial charge in [-0.05, 0) is 41.7 Å². The number of nitrogens with zero attached hydrogens (tertiary/aromatic N) is 3. The topological polar surface area (TPSA) is 39.5 Å². The molecule has 4 aromatic rings. The summed E-state index contributed by atoms with van der Waals surface area (Å²) in [4.78, 5) is 7.37. The van der Waals surface area contributed by atoms with E-state index in [2.05, 4.69) is 96.2 Å². The van der Waals surface area contributed by atoms with Crippen LogP contribution < -0.4 is 9.47 Å². The lowest BCUT2D eigenvalue weighted by atomic mass is 10.1. The van der Waals surface area contributed by atoms with Gasteiger partial charge in [0.15, 0.2) is 11.5 Å². The molecule has 186 valence electrons. The molecule has 0 fully saturated rings. The fourth-order valence-corrected chi connectivity index (χ4v) is 4.75. The molecule has 2 heterocycles. The van der Waals surface area contributed by atoms with Crippen molar-refractivity contribution in [2.24, 2.45) is 0 Å². The first-order valence-electron chi connectivity index (χ1n) is 13.0. The van der Waals surface area contributed by atoms with E-state index in [1.807, 2.05) is 6.07 Å². The zero-order chi connectivity index (χ0) is 24.7. The van der Waals surface area contributed by atoms with E-state index < -0.39 is 0 Å². The van der Waals surface area contributed by atoms with E-state index in [0.717, 1.165) is 68.3 Å². The Kier molecular flexibility index (Phi) is 7.67. The van der Waals surface area contributed by atoms with Crippen LogP contribution in [-0.4, -0.2) is 21.2 Å². The second-order valence-electron chi connectivity index (χ2n) is 9.45. The van der Waals surface area contributed by atoms with Gasteiger partial charge in [0.1, 0.15) is 5.82 Å². The number of rotatable bonds is 11. The summed E-state index contributed by atoms with van der Waals surface area (Å²) >= 11 is 0. The molecule has 5 heteroatoms. The van der Waals surface area contributed by atoms with Crippen LogP contribution in [-0.2, 0) is 32.6 Å². The van der Waals surface area contributed by atoms with Crippen molar-refractivity contribution in [3.05, 3.63) is 101 Å². The fourth-order valence-electron chi connectivity index (χ4n) is 4.75. The second kappa shape index (κ2) is 11.4. The molecule has 0 N–H and O–H groups in total. The molecule has 1 aromatic heterocycles. The van der Waals surface area contributed by atoms with Crippen LogP contribution in [0.3, 0.4) is 0 Å². The van der Waals surface area contributed by atoms with Gasteiger partial charge < -0.3 is 14.0 Å². The largest absolute Gasteiger partial charge is 0.454 e. The molecule has 5 rings (SSSR count). The van der Waals surface area contributed by atoms with E-state index in [0.29, 0.717) is 6.79 Å². The van der Waals surface area contributed by atoms with Crippen LogP contribution in [0.15, 0.2) is 79.0 Å². The van der Waals surface area contributed by atoms with Crippen molar-refractivity contribution >= 4 is 0 Å². The minimum absolute atomic E-state index is 0.297. The van der Waals surface area contributed by atoms with Gasteiger partial charge in [0.25, 0.3) is 0 Å². The summed E-state index contributed by atoms with van der Waals surface area (Å²) in [7, 11) is 0. The number of imidazole rings is 1. The molecule has 0 saturated carbocycles. The molecule has 1 aliphatic rings. The van der Waals surface area contributed by atoms with Crippen LogP contribution in [0, 0.1) is 0 Å². The number of ether oxygens (including phenoxy) is 2. The molecule has 3 aromatic carbocycles. The van der Waals surface area contributed by atoms with Crippen molar-refractivity contribution in [3.8, 4) is 22.9 Å². The Bertz CT molecular complexity index is 1260. The molecule has 0 amide bonds. The highest BCUT2D eigenvalue weighted by molar-refractivity contribution is 5.56. The predicted octanol–water partition coefficient (Wildman–Crippen LogP) is 6.84. The van der Waals surface area contributed by atoms with Gasteiger partial charge in [-0.3, -0.25) is 4.90 Å². The van der Waals surface area contributed by atoms with Crippen LogP contribution in [0.4, 0.5) is 0 Å². The summed E-state index contributed by atoms with van der Waals surface area (Å²) in [6, 6.07) is 25.8. The Balaban J connectivity index is 1.44. The van der Waals surface area contributed by atoms with Crippen LogP contribution in [0.1, 0.15) is 49.1 Å². The highest BCUT2D eigenvalue weighted by atomic mass is 16.7. The maximum atomic E-state index is 5.64. The summed E-state index contributed by atoms with van der Waals surface area (Å²) in [5, 5.41) is 0. The molecule has 5 nitrogen and oxygen atoms in total. The molecular weight excluding hydrogens is 446 g/mol. The SMILES string of the molecule is CCCCn1c(CN(Cc2ccc(CC)cc2)Cc2ccc3c(c2)OCO3)cnc1-c1ccccc1. The summed E-state index contributed by atoms with van der Waals surface area (Å²) in [5.74, 6) is 2.71. The van der Waals surface area contributed by atoms with Crippen LogP contribution in [0.2, 0.25) is 0 Å². The minimum atomic E-state index is 0.297. The Morgan fingerprint density at radius 1 is 0.806 bits per heavy atom. The van der Waals surface area contributed by atoms with E-state index >= 15 is 0 Å². The monoisotopic (exact) mass is 481 g/mol. The summed E-state index contributed by atoms with van der Waals surface area (Å²) in [6.45, 7) is 8.19. The van der Waals surface area contributed by atoms with Gasteiger partial charge in [0.05, 0.1) is 11.9 Å². The third kappa shape index (κ3) is 5.63. The third-order valence-electron chi connectivity index (χ3n) is 6.77. The maximum Gasteiger partial charge on any atom is 0.231 e. The lowest BCUT2D eigenvalue weighted by Gasteiger charge is -2.24. The van der Waals surface area contributed by atoms with Crippen molar-refractivity contribution in [1.82, 2.24) is 14.5 Å². The third-order valence-corrected chi connectivity index (χ3v) is 6.77. The van der Waals surface area contributed by atoms with Crippen LogP contribution in [0.5, 0.6) is 11.5 Å². The van der Waals surface area contributed by atoms with E-state index in [-0.39, 0.29) is 0 Å². The van der Waals surface area contributed by atoms with Crippen LogP contribution >= 0.6 is 0 Å². The average Bonchev–Trinajstić information content (AvgIpc) is 3.55. The Hall–Kier alpha value is -3.57. The molecule has 0 atom stereocenters. The molecular formula is C31H35N3O2.